The summed E-state index contributed by atoms with van der Waals surface area (Å²) < 4.78 is 49.0. The number of hydrogen-bond donors (Lipinski definition) is 0. The van der Waals surface area contributed by atoms with E-state index in [0.717, 1.165) is 29.0 Å². The summed E-state index contributed by atoms with van der Waals surface area (Å²) in [7, 11) is 1.59. The van der Waals surface area contributed by atoms with Crippen molar-refractivity contribution in [3.8, 4) is 5.75 Å². The Morgan fingerprint density at radius 1 is 1.10 bits per heavy atom. The van der Waals surface area contributed by atoms with Gasteiger partial charge in [-0.2, -0.15) is 13.2 Å². The van der Waals surface area contributed by atoms with Gasteiger partial charge < -0.3 is 14.4 Å². The van der Waals surface area contributed by atoms with Gasteiger partial charge in [0.25, 0.3) is 0 Å². The van der Waals surface area contributed by atoms with Gasteiger partial charge in [-0.05, 0) is 53.5 Å². The monoisotopic (exact) mass is 431 g/mol. The van der Waals surface area contributed by atoms with Crippen LogP contribution in [0.1, 0.15) is 22.3 Å². The van der Waals surface area contributed by atoms with Crippen LogP contribution < -0.4 is 4.74 Å². The Kier molecular flexibility index (Phi) is 7.17. The van der Waals surface area contributed by atoms with Crippen LogP contribution in [0.5, 0.6) is 5.75 Å². The minimum absolute atomic E-state index is 0.135. The molecule has 1 amide bonds. The molecule has 1 aliphatic heterocycles. The maximum Gasteiger partial charge on any atom is 0.416 e. The van der Waals surface area contributed by atoms with Gasteiger partial charge in [0, 0.05) is 19.2 Å². The van der Waals surface area contributed by atoms with Crippen LogP contribution in [0.4, 0.5) is 13.2 Å². The second-order valence-electron chi connectivity index (χ2n) is 7.17. The molecule has 31 heavy (non-hydrogen) atoms. The van der Waals surface area contributed by atoms with Crippen molar-refractivity contribution in [1.29, 1.82) is 0 Å². The Bertz CT molecular complexity index is 973. The van der Waals surface area contributed by atoms with Crippen LogP contribution >= 0.6 is 0 Å². The molecule has 7 heteroatoms. The van der Waals surface area contributed by atoms with E-state index < -0.39 is 11.7 Å². The second-order valence-corrected chi connectivity index (χ2v) is 7.17. The molecule has 0 saturated carbocycles. The number of allylic oxidation sites excluding steroid dienone is 2. The molecule has 2 aromatic carbocycles. The highest BCUT2D eigenvalue weighted by molar-refractivity contribution is 5.98. The van der Waals surface area contributed by atoms with Gasteiger partial charge in [0.2, 0.25) is 5.91 Å². The van der Waals surface area contributed by atoms with E-state index in [9.17, 15) is 18.0 Å². The van der Waals surface area contributed by atoms with Crippen LogP contribution in [-0.2, 0) is 15.7 Å². The molecule has 0 aliphatic carbocycles. The first-order valence-electron chi connectivity index (χ1n) is 9.86. The third-order valence-electron chi connectivity index (χ3n) is 5.02. The Morgan fingerprint density at radius 3 is 2.35 bits per heavy atom. The number of rotatable bonds is 5. The van der Waals surface area contributed by atoms with Crippen LogP contribution in [0, 0.1) is 6.92 Å². The van der Waals surface area contributed by atoms with E-state index in [4.69, 9.17) is 9.47 Å². The van der Waals surface area contributed by atoms with E-state index in [1.54, 1.807) is 30.2 Å². The van der Waals surface area contributed by atoms with Gasteiger partial charge in [0.1, 0.15) is 5.75 Å². The van der Waals surface area contributed by atoms with Gasteiger partial charge in [-0.15, -0.1) is 0 Å². The highest BCUT2D eigenvalue weighted by Gasteiger charge is 2.29. The first-order valence-corrected chi connectivity index (χ1v) is 9.86. The van der Waals surface area contributed by atoms with Gasteiger partial charge in [0.15, 0.2) is 0 Å². The molecule has 3 rings (SSSR count). The first-order chi connectivity index (χ1) is 14.8. The molecular formula is C24H24F3NO3. The Hall–Kier alpha value is -3.06. The zero-order valence-electron chi connectivity index (χ0n) is 17.4. The van der Waals surface area contributed by atoms with Crippen molar-refractivity contribution < 1.29 is 27.4 Å². The molecular weight excluding hydrogens is 407 g/mol. The van der Waals surface area contributed by atoms with Crippen LogP contribution in [-0.4, -0.2) is 44.2 Å². The molecule has 1 heterocycles. The molecule has 0 aromatic heterocycles. The van der Waals surface area contributed by atoms with E-state index in [1.165, 1.54) is 12.1 Å². The number of morpholine rings is 1. The van der Waals surface area contributed by atoms with E-state index >= 15 is 0 Å². The molecule has 2 aromatic rings. The largest absolute Gasteiger partial charge is 0.496 e. The minimum Gasteiger partial charge on any atom is -0.496 e. The summed E-state index contributed by atoms with van der Waals surface area (Å²) in [4.78, 5) is 14.5. The predicted molar refractivity (Wildman–Crippen MR) is 114 cm³/mol. The van der Waals surface area contributed by atoms with Crippen LogP contribution in [0.25, 0.3) is 11.6 Å². The fourth-order valence-corrected chi connectivity index (χ4v) is 3.26. The molecule has 0 spiro atoms. The van der Waals surface area contributed by atoms with Gasteiger partial charge >= 0.3 is 6.18 Å². The van der Waals surface area contributed by atoms with E-state index in [-0.39, 0.29) is 5.91 Å². The number of halogens is 3. The third kappa shape index (κ3) is 5.98. The summed E-state index contributed by atoms with van der Waals surface area (Å²) in [5.74, 6) is 0.596. The number of methoxy groups -OCH3 is 1. The van der Waals surface area contributed by atoms with Crippen molar-refractivity contribution in [2.75, 3.05) is 33.4 Å². The zero-order valence-corrected chi connectivity index (χ0v) is 17.4. The lowest BCUT2D eigenvalue weighted by molar-refractivity contribution is -0.137. The number of carbonyl (C=O) groups excluding carboxylic acids is 1. The summed E-state index contributed by atoms with van der Waals surface area (Å²) in [5.41, 5.74) is 2.27. The van der Waals surface area contributed by atoms with Gasteiger partial charge in [-0.25, -0.2) is 0 Å². The summed E-state index contributed by atoms with van der Waals surface area (Å²) in [5, 5.41) is 0. The van der Waals surface area contributed by atoms with Crippen molar-refractivity contribution in [2.24, 2.45) is 0 Å². The lowest BCUT2D eigenvalue weighted by Gasteiger charge is -2.26. The van der Waals surface area contributed by atoms with Crippen LogP contribution in [0.3, 0.4) is 0 Å². The molecule has 1 aliphatic rings. The molecule has 0 unspecified atom stereocenters. The van der Waals surface area contributed by atoms with Crippen molar-refractivity contribution in [3.05, 3.63) is 76.9 Å². The first kappa shape index (κ1) is 22.6. The second kappa shape index (κ2) is 9.83. The summed E-state index contributed by atoms with van der Waals surface area (Å²) in [6.45, 7) is 3.94. The lowest BCUT2D eigenvalue weighted by Crippen LogP contribution is -2.39. The highest BCUT2D eigenvalue weighted by atomic mass is 19.4. The molecule has 0 N–H and O–H groups in total. The standard InChI is InChI=1S/C24H24F3NO3/c1-17-15-19(7-10-22(17)30-2)20(16-23(29)28-11-13-31-14-12-28)6-3-18-4-8-21(9-5-18)24(25,26)27/h3-10,15-16H,11-14H2,1-2H3. The number of alkyl halides is 3. The van der Waals surface area contributed by atoms with Gasteiger partial charge in [-0.3, -0.25) is 4.79 Å². The quantitative estimate of drug-likeness (QED) is 0.495. The van der Waals surface area contributed by atoms with E-state index in [2.05, 4.69) is 0 Å². The number of ether oxygens (including phenoxy) is 2. The smallest absolute Gasteiger partial charge is 0.416 e. The Balaban J connectivity index is 1.91. The topological polar surface area (TPSA) is 38.8 Å². The Morgan fingerprint density at radius 2 is 1.77 bits per heavy atom. The van der Waals surface area contributed by atoms with Crippen molar-refractivity contribution in [1.82, 2.24) is 4.90 Å². The van der Waals surface area contributed by atoms with Gasteiger partial charge in [0.05, 0.1) is 25.9 Å². The predicted octanol–water partition coefficient (Wildman–Crippen LogP) is 4.98. The molecule has 0 bridgehead atoms. The van der Waals surface area contributed by atoms with Crippen molar-refractivity contribution >= 4 is 17.6 Å². The number of benzene rings is 2. The van der Waals surface area contributed by atoms with Crippen LogP contribution in [0.15, 0.2) is 54.6 Å². The van der Waals surface area contributed by atoms with E-state index in [1.807, 2.05) is 25.1 Å². The molecule has 0 radical (unpaired) electrons. The minimum atomic E-state index is -4.38. The fraction of sp³-hybridized carbons (Fsp3) is 0.292. The maximum atomic E-state index is 12.8. The van der Waals surface area contributed by atoms with Crippen molar-refractivity contribution in [2.45, 2.75) is 13.1 Å². The number of nitrogens with zero attached hydrogens (tertiary/aromatic N) is 1. The van der Waals surface area contributed by atoms with Gasteiger partial charge in [-0.1, -0.05) is 30.4 Å². The number of hydrogen-bond acceptors (Lipinski definition) is 3. The molecule has 164 valence electrons. The van der Waals surface area contributed by atoms with E-state index in [0.29, 0.717) is 37.4 Å². The average molecular weight is 431 g/mol. The summed E-state index contributed by atoms with van der Waals surface area (Å²) in [6.07, 6.45) is 0.603. The molecule has 1 fully saturated rings. The fourth-order valence-electron chi connectivity index (χ4n) is 3.26. The highest BCUT2D eigenvalue weighted by Crippen LogP contribution is 2.30. The Labute approximate surface area is 179 Å². The normalized spacial score (nSPS) is 15.4. The van der Waals surface area contributed by atoms with Crippen molar-refractivity contribution in [3.63, 3.8) is 0 Å². The lowest BCUT2D eigenvalue weighted by atomic mass is 10.0. The molecule has 1 saturated heterocycles. The maximum absolute atomic E-state index is 12.8. The average Bonchev–Trinajstić information content (AvgIpc) is 2.76. The number of carbonyl (C=O) groups is 1. The SMILES string of the molecule is COc1ccc(C(C=Cc2ccc(C(F)(F)F)cc2)=CC(=O)N2CCOCC2)cc1C. The molecule has 0 atom stereocenters. The zero-order chi connectivity index (χ0) is 22.4. The summed E-state index contributed by atoms with van der Waals surface area (Å²) >= 11 is 0. The third-order valence-corrected chi connectivity index (χ3v) is 5.02. The molecule has 4 nitrogen and oxygen atoms in total. The summed E-state index contributed by atoms with van der Waals surface area (Å²) in [6, 6.07) is 10.5. The number of aryl methyl sites for hydroxylation is 1. The number of amides is 1. The van der Waals surface area contributed by atoms with Crippen LogP contribution in [0.2, 0.25) is 0 Å².